The van der Waals surface area contributed by atoms with E-state index in [9.17, 15) is 0 Å². The molecule has 0 aromatic carbocycles. The van der Waals surface area contributed by atoms with Crippen molar-refractivity contribution in [2.45, 2.75) is 59.0 Å². The van der Waals surface area contributed by atoms with Gasteiger partial charge >= 0.3 is 96.0 Å². The van der Waals surface area contributed by atoms with Crippen LogP contribution in [0.25, 0.3) is 0 Å². The first-order valence-corrected chi connectivity index (χ1v) is 7.65. The molecule has 0 aliphatic carbocycles. The molecule has 0 amide bonds. The van der Waals surface area contributed by atoms with Gasteiger partial charge in [-0.15, -0.1) is 0 Å². The van der Waals surface area contributed by atoms with Crippen molar-refractivity contribution in [1.29, 1.82) is 0 Å². The van der Waals surface area contributed by atoms with Gasteiger partial charge in [0, 0.05) is 0 Å². The average molecular weight is 252 g/mol. The molecule has 2 aliphatic rings. The van der Waals surface area contributed by atoms with E-state index in [1.165, 1.54) is 0 Å². The summed E-state index contributed by atoms with van der Waals surface area (Å²) >= 11 is 0. The van der Waals surface area contributed by atoms with Gasteiger partial charge < -0.3 is 0 Å². The molecule has 2 fully saturated rings. The van der Waals surface area contributed by atoms with E-state index in [2.05, 4.69) is 0 Å². The normalized spacial score (nSPS) is 47.9. The van der Waals surface area contributed by atoms with Crippen LogP contribution in [-0.2, 0) is 22.6 Å². The van der Waals surface area contributed by atoms with E-state index in [0.29, 0.717) is 6.61 Å². The summed E-state index contributed by atoms with van der Waals surface area (Å²) in [6.45, 7) is 10.1. The Morgan fingerprint density at radius 2 is 1.12 bits per heavy atom. The van der Waals surface area contributed by atoms with E-state index in [1.54, 1.807) is 0 Å². The molecule has 0 bridgehead atoms. The van der Waals surface area contributed by atoms with Gasteiger partial charge in [-0.1, -0.05) is 0 Å². The molecule has 96 valence electrons. The topological polar surface area (TPSA) is 46.2 Å². The molecular formula is C10H21O5P. The fraction of sp³-hybridized carbons (Fsp3) is 1.00. The summed E-state index contributed by atoms with van der Waals surface area (Å²) < 4.78 is 29.0. The van der Waals surface area contributed by atoms with Gasteiger partial charge in [0.15, 0.2) is 0 Å². The molecule has 0 aromatic rings. The van der Waals surface area contributed by atoms with Gasteiger partial charge in [0.2, 0.25) is 0 Å². The second-order valence-electron chi connectivity index (χ2n) is 4.41. The van der Waals surface area contributed by atoms with E-state index < -0.39 is 7.74 Å². The molecule has 2 aliphatic heterocycles. The Morgan fingerprint density at radius 3 is 1.38 bits per heavy atom. The zero-order valence-electron chi connectivity index (χ0n) is 10.5. The fourth-order valence-electron chi connectivity index (χ4n) is 1.91. The predicted octanol–water partition coefficient (Wildman–Crippen LogP) is 2.80. The summed E-state index contributed by atoms with van der Waals surface area (Å²) in [6.07, 6.45) is -0.327. The van der Waals surface area contributed by atoms with Crippen LogP contribution in [0.5, 0.6) is 0 Å². The Labute approximate surface area is 96.7 Å². The molecule has 16 heavy (non-hydrogen) atoms. The van der Waals surface area contributed by atoms with E-state index >= 15 is 0 Å². The van der Waals surface area contributed by atoms with Gasteiger partial charge in [0.1, 0.15) is 0 Å². The molecule has 0 radical (unpaired) electrons. The first-order valence-electron chi connectivity index (χ1n) is 5.83. The molecule has 2 saturated heterocycles. The molecule has 2 rings (SSSR count). The van der Waals surface area contributed by atoms with Crippen LogP contribution in [0.3, 0.4) is 0 Å². The predicted molar refractivity (Wildman–Crippen MR) is 60.7 cm³/mol. The molecule has 2 heterocycles. The van der Waals surface area contributed by atoms with Crippen LogP contribution in [0.4, 0.5) is 0 Å². The molecule has 0 N–H and O–H groups in total. The first-order chi connectivity index (χ1) is 7.40. The Bertz CT molecular complexity index is 233. The van der Waals surface area contributed by atoms with Crippen molar-refractivity contribution >= 4 is 7.74 Å². The monoisotopic (exact) mass is 252 g/mol. The van der Waals surface area contributed by atoms with Crippen LogP contribution >= 0.6 is 7.74 Å². The third-order valence-electron chi connectivity index (χ3n) is 3.02. The van der Waals surface area contributed by atoms with Crippen LogP contribution in [-0.4, -0.2) is 31.0 Å². The van der Waals surface area contributed by atoms with Gasteiger partial charge in [-0.25, -0.2) is 0 Å². The van der Waals surface area contributed by atoms with Crippen LogP contribution in [0.2, 0.25) is 0 Å². The second-order valence-corrected chi connectivity index (χ2v) is 7.00. The third kappa shape index (κ3) is 1.80. The zero-order valence-corrected chi connectivity index (χ0v) is 11.4. The van der Waals surface area contributed by atoms with Crippen LogP contribution < -0.4 is 0 Å². The van der Waals surface area contributed by atoms with Gasteiger partial charge in [-0.2, -0.15) is 0 Å². The Hall–Kier alpha value is 0.230. The number of hydrogen-bond acceptors (Lipinski definition) is 5. The Morgan fingerprint density at radius 1 is 0.812 bits per heavy atom. The zero-order chi connectivity index (χ0) is 12.0. The fourth-order valence-corrected chi connectivity index (χ4v) is 5.73. The van der Waals surface area contributed by atoms with Gasteiger partial charge in [-0.05, 0) is 0 Å². The van der Waals surface area contributed by atoms with Crippen LogP contribution in [0.15, 0.2) is 0 Å². The van der Waals surface area contributed by atoms with E-state index in [4.69, 9.17) is 22.6 Å². The molecule has 0 saturated carbocycles. The maximum absolute atomic E-state index is 5.83. The van der Waals surface area contributed by atoms with Crippen molar-refractivity contribution in [3.63, 3.8) is 0 Å². The third-order valence-corrected chi connectivity index (χ3v) is 6.40. The van der Waals surface area contributed by atoms with E-state index in [0.717, 1.165) is 0 Å². The van der Waals surface area contributed by atoms with Crippen LogP contribution in [0.1, 0.15) is 34.6 Å². The summed E-state index contributed by atoms with van der Waals surface area (Å²) in [4.78, 5) is 0. The van der Waals surface area contributed by atoms with Crippen LogP contribution in [0, 0.1) is 0 Å². The van der Waals surface area contributed by atoms with Crippen molar-refractivity contribution in [2.24, 2.45) is 0 Å². The number of rotatable bonds is 2. The second kappa shape index (κ2) is 3.87. The summed E-state index contributed by atoms with van der Waals surface area (Å²) in [7, 11) is -3.75. The van der Waals surface area contributed by atoms with Crippen molar-refractivity contribution in [2.75, 3.05) is 6.61 Å². The van der Waals surface area contributed by atoms with Gasteiger partial charge in [0.25, 0.3) is 0 Å². The first kappa shape index (κ1) is 12.7. The van der Waals surface area contributed by atoms with Crippen molar-refractivity contribution in [1.82, 2.24) is 0 Å². The van der Waals surface area contributed by atoms with Gasteiger partial charge in [0.05, 0.1) is 0 Å². The Kier molecular flexibility index (Phi) is 3.07. The minimum atomic E-state index is -3.75. The molecule has 4 unspecified atom stereocenters. The van der Waals surface area contributed by atoms with Crippen molar-refractivity contribution in [3.05, 3.63) is 0 Å². The Balaban J connectivity index is 2.30. The average Bonchev–Trinajstić information content (AvgIpc) is 2.52. The van der Waals surface area contributed by atoms with Crippen molar-refractivity contribution < 1.29 is 22.6 Å². The minimum absolute atomic E-state index is 0.0817. The van der Waals surface area contributed by atoms with E-state index in [1.807, 2.05) is 34.6 Å². The summed E-state index contributed by atoms with van der Waals surface area (Å²) in [6, 6.07) is 0. The molecular weight excluding hydrogens is 231 g/mol. The quantitative estimate of drug-likeness (QED) is 0.707. The molecule has 4 atom stereocenters. The van der Waals surface area contributed by atoms with Crippen molar-refractivity contribution in [3.8, 4) is 0 Å². The summed E-state index contributed by atoms with van der Waals surface area (Å²) in [5.74, 6) is 0. The molecule has 6 heteroatoms. The summed E-state index contributed by atoms with van der Waals surface area (Å²) in [5.41, 5.74) is 0. The summed E-state index contributed by atoms with van der Waals surface area (Å²) in [5, 5.41) is 0. The number of hydrogen-bond donors (Lipinski definition) is 0. The maximum atomic E-state index is 5.83. The molecule has 1 spiro atoms. The van der Waals surface area contributed by atoms with E-state index in [-0.39, 0.29) is 24.4 Å². The SMILES string of the molecule is CCOP12(OC(C)C(C)O1)OC(C)C(C)O2. The standard InChI is InChI=1S/C10H21O5P/c1-6-11-16(12-7(2)8(3)13-16)14-9(4)10(5)15-16/h7-10H,6H2,1-5H3. The molecule has 5 nitrogen and oxygen atoms in total. The van der Waals surface area contributed by atoms with Gasteiger partial charge in [-0.3, -0.25) is 0 Å². The molecule has 0 aromatic heterocycles.